The van der Waals surface area contributed by atoms with E-state index >= 15 is 0 Å². The van der Waals surface area contributed by atoms with Crippen molar-refractivity contribution in [1.82, 2.24) is 15.0 Å². The highest BCUT2D eigenvalue weighted by Gasteiger charge is 2.19. The molecule has 3 aromatic rings. The average Bonchev–Trinajstić information content (AvgIpc) is 2.85. The van der Waals surface area contributed by atoms with Crippen LogP contribution in [0.3, 0.4) is 0 Å². The quantitative estimate of drug-likeness (QED) is 0.415. The van der Waals surface area contributed by atoms with Crippen molar-refractivity contribution in [2.24, 2.45) is 0 Å². The number of sulfonamides is 1. The predicted octanol–water partition coefficient (Wildman–Crippen LogP) is 2.85. The van der Waals surface area contributed by atoms with Gasteiger partial charge < -0.3 is 14.8 Å². The van der Waals surface area contributed by atoms with Crippen LogP contribution in [0.25, 0.3) is 0 Å². The zero-order chi connectivity index (χ0) is 26.1. The van der Waals surface area contributed by atoms with E-state index in [1.165, 1.54) is 48.5 Å². The van der Waals surface area contributed by atoms with E-state index in [0.717, 1.165) is 11.8 Å². The minimum Gasteiger partial charge on any atom is -0.434 e. The molecule has 0 aliphatic carbocycles. The van der Waals surface area contributed by atoms with Crippen LogP contribution in [-0.4, -0.2) is 44.5 Å². The summed E-state index contributed by atoms with van der Waals surface area (Å²) in [6.07, 6.45) is 0.525. The molecule has 2 amide bonds. The van der Waals surface area contributed by atoms with E-state index in [-0.39, 0.29) is 35.4 Å². The number of carbonyl (C=O) groups is 3. The average molecular weight is 516 g/mol. The summed E-state index contributed by atoms with van der Waals surface area (Å²) in [7, 11) is -4.17. The summed E-state index contributed by atoms with van der Waals surface area (Å²) >= 11 is 0. The molecule has 2 N–H and O–H groups in total. The number of pyridine rings is 1. The Morgan fingerprint density at radius 2 is 1.58 bits per heavy atom. The number of hydrogen-bond donors (Lipinski definition) is 2. The van der Waals surface area contributed by atoms with Crippen molar-refractivity contribution in [3.63, 3.8) is 0 Å². The number of ether oxygens (including phenoxy) is 2. The number of benzene rings is 2. The topological polar surface area (TPSA) is 141 Å². The second kappa shape index (κ2) is 11.9. The molecule has 0 unspecified atom stereocenters. The Bertz CT molecular complexity index is 1330. The Morgan fingerprint density at radius 3 is 2.19 bits per heavy atom. The largest absolute Gasteiger partial charge is 0.515 e. The van der Waals surface area contributed by atoms with Crippen LogP contribution in [0.1, 0.15) is 33.2 Å². The molecule has 0 bridgehead atoms. The Labute approximate surface area is 206 Å². The Balaban J connectivity index is 1.53. The van der Waals surface area contributed by atoms with Crippen molar-refractivity contribution in [1.29, 1.82) is 0 Å². The lowest BCUT2D eigenvalue weighted by Crippen LogP contribution is -2.30. The fourth-order valence-electron chi connectivity index (χ4n) is 2.91. The molecule has 0 radical (unpaired) electrons. The van der Waals surface area contributed by atoms with Gasteiger partial charge in [0.15, 0.2) is 0 Å². The van der Waals surface area contributed by atoms with Crippen LogP contribution in [-0.2, 0) is 21.2 Å². The van der Waals surface area contributed by atoms with Gasteiger partial charge in [0.1, 0.15) is 5.82 Å². The van der Waals surface area contributed by atoms with Crippen LogP contribution in [0.4, 0.5) is 9.18 Å². The third kappa shape index (κ3) is 7.34. The summed E-state index contributed by atoms with van der Waals surface area (Å²) in [6, 6.07) is 13.4. The number of nitrogens with one attached hydrogen (secondary N) is 2. The number of hydrogen-bond acceptors (Lipinski definition) is 8. The van der Waals surface area contributed by atoms with Crippen molar-refractivity contribution >= 4 is 28.0 Å². The molecule has 1 aromatic heterocycles. The number of amides is 2. The molecular weight excluding hydrogens is 493 g/mol. The molecule has 0 atom stereocenters. The molecule has 3 rings (SSSR count). The first-order chi connectivity index (χ1) is 17.2. The summed E-state index contributed by atoms with van der Waals surface area (Å²) in [5.41, 5.74) is 1.01. The number of rotatable bonds is 9. The maximum absolute atomic E-state index is 13.0. The molecular formula is C24H22FN3O7S. The van der Waals surface area contributed by atoms with E-state index in [9.17, 15) is 27.2 Å². The SMILES string of the molecule is CCOC(=O)Oc1ccc(C(=O)NS(=O)(=O)c2ccc(CCNC(=O)c3ccc(F)cc3)cc2)cn1. The van der Waals surface area contributed by atoms with Crippen molar-refractivity contribution in [3.8, 4) is 5.88 Å². The highest BCUT2D eigenvalue weighted by Crippen LogP contribution is 2.13. The standard InChI is InChI=1S/C24H22FN3O7S/c1-2-34-24(31)35-21-12-7-18(15-27-21)23(30)28-36(32,33)20-10-3-16(4-11-20)13-14-26-22(29)17-5-8-19(25)9-6-17/h3-12,15H,2,13-14H2,1H3,(H,26,29)(H,28,30). The minimum atomic E-state index is -4.17. The van der Waals surface area contributed by atoms with Crippen molar-refractivity contribution < 1.29 is 36.7 Å². The zero-order valence-corrected chi connectivity index (χ0v) is 19.9. The number of carbonyl (C=O) groups excluding carboxylic acids is 3. The third-order valence-electron chi connectivity index (χ3n) is 4.71. The Hall–Kier alpha value is -4.32. The van der Waals surface area contributed by atoms with Crippen LogP contribution >= 0.6 is 0 Å². The molecule has 2 aromatic carbocycles. The highest BCUT2D eigenvalue weighted by molar-refractivity contribution is 7.90. The van der Waals surface area contributed by atoms with Gasteiger partial charge in [0, 0.05) is 24.4 Å². The van der Waals surface area contributed by atoms with Gasteiger partial charge in [-0.1, -0.05) is 12.1 Å². The van der Waals surface area contributed by atoms with E-state index < -0.39 is 27.9 Å². The maximum Gasteiger partial charge on any atom is 0.515 e. The lowest BCUT2D eigenvalue weighted by Gasteiger charge is -2.09. The Morgan fingerprint density at radius 1 is 0.917 bits per heavy atom. The molecule has 0 fully saturated rings. The number of halogens is 1. The lowest BCUT2D eigenvalue weighted by atomic mass is 10.1. The van der Waals surface area contributed by atoms with Crippen LogP contribution in [0.2, 0.25) is 0 Å². The first kappa shape index (κ1) is 26.3. The number of nitrogens with zero attached hydrogens (tertiary/aromatic N) is 1. The van der Waals surface area contributed by atoms with Gasteiger partial charge in [-0.05, 0) is 61.4 Å². The zero-order valence-electron chi connectivity index (χ0n) is 19.1. The van der Waals surface area contributed by atoms with Crippen LogP contribution in [0.15, 0.2) is 71.8 Å². The predicted molar refractivity (Wildman–Crippen MR) is 125 cm³/mol. The summed E-state index contributed by atoms with van der Waals surface area (Å²) < 4.78 is 49.4. The fourth-order valence-corrected chi connectivity index (χ4v) is 3.88. The van der Waals surface area contributed by atoms with Crippen molar-refractivity contribution in [3.05, 3.63) is 89.4 Å². The molecule has 0 saturated heterocycles. The molecule has 1 heterocycles. The van der Waals surface area contributed by atoms with Gasteiger partial charge in [0.05, 0.1) is 17.1 Å². The molecule has 0 spiro atoms. The van der Waals surface area contributed by atoms with Gasteiger partial charge in [0.2, 0.25) is 5.88 Å². The Kier molecular flexibility index (Phi) is 8.68. The van der Waals surface area contributed by atoms with E-state index in [2.05, 4.69) is 15.0 Å². The molecule has 188 valence electrons. The second-order valence-electron chi connectivity index (χ2n) is 7.26. The van der Waals surface area contributed by atoms with Gasteiger partial charge in [0.25, 0.3) is 21.8 Å². The summed E-state index contributed by atoms with van der Waals surface area (Å²) in [5, 5.41) is 2.70. The van der Waals surface area contributed by atoms with Crippen LogP contribution in [0, 0.1) is 5.82 Å². The molecule has 12 heteroatoms. The monoisotopic (exact) mass is 515 g/mol. The van der Waals surface area contributed by atoms with E-state index in [4.69, 9.17) is 4.74 Å². The van der Waals surface area contributed by atoms with E-state index in [1.807, 2.05) is 4.72 Å². The van der Waals surface area contributed by atoms with Gasteiger partial charge in [-0.2, -0.15) is 0 Å². The van der Waals surface area contributed by atoms with Crippen molar-refractivity contribution in [2.75, 3.05) is 13.2 Å². The fraction of sp³-hybridized carbons (Fsp3) is 0.167. The number of aromatic nitrogens is 1. The first-order valence-corrected chi connectivity index (χ1v) is 12.2. The molecule has 0 aliphatic rings. The first-order valence-electron chi connectivity index (χ1n) is 10.7. The summed E-state index contributed by atoms with van der Waals surface area (Å²) in [4.78, 5) is 39.3. The summed E-state index contributed by atoms with van der Waals surface area (Å²) in [5.74, 6) is -1.82. The van der Waals surface area contributed by atoms with Crippen LogP contribution in [0.5, 0.6) is 5.88 Å². The second-order valence-corrected chi connectivity index (χ2v) is 8.94. The van der Waals surface area contributed by atoms with E-state index in [1.54, 1.807) is 19.1 Å². The molecule has 0 aliphatic heterocycles. The van der Waals surface area contributed by atoms with Crippen LogP contribution < -0.4 is 14.8 Å². The minimum absolute atomic E-state index is 0.0664. The highest BCUT2D eigenvalue weighted by atomic mass is 32.2. The lowest BCUT2D eigenvalue weighted by molar-refractivity contribution is 0.0950. The van der Waals surface area contributed by atoms with Gasteiger partial charge in [-0.3, -0.25) is 9.59 Å². The molecule has 10 nitrogen and oxygen atoms in total. The van der Waals surface area contributed by atoms with Gasteiger partial charge >= 0.3 is 6.16 Å². The third-order valence-corrected chi connectivity index (χ3v) is 6.06. The summed E-state index contributed by atoms with van der Waals surface area (Å²) in [6.45, 7) is 2.00. The molecule has 36 heavy (non-hydrogen) atoms. The molecule has 0 saturated carbocycles. The van der Waals surface area contributed by atoms with Gasteiger partial charge in [-0.25, -0.2) is 27.3 Å². The smallest absolute Gasteiger partial charge is 0.434 e. The normalized spacial score (nSPS) is 10.8. The van der Waals surface area contributed by atoms with E-state index in [0.29, 0.717) is 12.0 Å². The maximum atomic E-state index is 13.0. The van der Waals surface area contributed by atoms with Gasteiger partial charge in [-0.15, -0.1) is 0 Å². The van der Waals surface area contributed by atoms with Crippen molar-refractivity contribution in [2.45, 2.75) is 18.2 Å².